The van der Waals surface area contributed by atoms with Gasteiger partial charge in [-0.05, 0) is 41.5 Å². The van der Waals surface area contributed by atoms with Gasteiger partial charge in [-0.1, -0.05) is 6.08 Å². The zero-order valence-electron chi connectivity index (χ0n) is 12.7. The molecule has 0 aromatic heterocycles. The van der Waals surface area contributed by atoms with Crippen LogP contribution >= 0.6 is 0 Å². The Bertz CT molecular complexity index is 339. The summed E-state index contributed by atoms with van der Waals surface area (Å²) in [5.41, 5.74) is -0.536. The molecular weight excluding hydrogens is 228 g/mol. The van der Waals surface area contributed by atoms with Gasteiger partial charge in [-0.2, -0.15) is 0 Å². The molecule has 0 aromatic rings. The number of hydrogen-bond acceptors (Lipinski definition) is 2. The van der Waals surface area contributed by atoms with Crippen LogP contribution in [0.5, 0.6) is 0 Å². The standard InChI is InChI=1S/C14H26N2O2/c1-9-10-11(18-8)16(14(5,6)7)12(17)15(10)13(2,3)4/h9-11H,1H2,2-8H3/t10-,11-/m0/s1. The first kappa shape index (κ1) is 15.0. The maximum absolute atomic E-state index is 12.7. The van der Waals surface area contributed by atoms with Crippen LogP contribution < -0.4 is 0 Å². The van der Waals surface area contributed by atoms with E-state index in [0.29, 0.717) is 0 Å². The predicted octanol–water partition coefficient (Wildman–Crippen LogP) is 2.85. The van der Waals surface area contributed by atoms with Gasteiger partial charge in [-0.25, -0.2) is 4.79 Å². The molecule has 0 aromatic carbocycles. The largest absolute Gasteiger partial charge is 0.359 e. The number of methoxy groups -OCH3 is 1. The second-order valence-corrected chi connectivity index (χ2v) is 6.72. The molecule has 4 heteroatoms. The van der Waals surface area contributed by atoms with E-state index in [0.717, 1.165) is 0 Å². The highest BCUT2D eigenvalue weighted by molar-refractivity contribution is 5.79. The monoisotopic (exact) mass is 254 g/mol. The van der Waals surface area contributed by atoms with Crippen molar-refractivity contribution in [2.45, 2.75) is 64.9 Å². The normalized spacial score (nSPS) is 25.8. The van der Waals surface area contributed by atoms with Gasteiger partial charge in [0.15, 0.2) is 6.23 Å². The number of ether oxygens (including phenoxy) is 1. The van der Waals surface area contributed by atoms with Gasteiger partial charge in [0, 0.05) is 18.2 Å². The maximum Gasteiger partial charge on any atom is 0.323 e. The van der Waals surface area contributed by atoms with Crippen molar-refractivity contribution >= 4 is 6.03 Å². The smallest absolute Gasteiger partial charge is 0.323 e. The molecule has 18 heavy (non-hydrogen) atoms. The minimum absolute atomic E-state index is 0.00625. The molecule has 1 rings (SSSR count). The van der Waals surface area contributed by atoms with Gasteiger partial charge in [0.05, 0.1) is 6.04 Å². The van der Waals surface area contributed by atoms with Crippen molar-refractivity contribution < 1.29 is 9.53 Å². The molecule has 0 unspecified atom stereocenters. The molecule has 2 amide bonds. The summed E-state index contributed by atoms with van der Waals surface area (Å²) in [6.07, 6.45) is 1.51. The fourth-order valence-electron chi connectivity index (χ4n) is 2.50. The summed E-state index contributed by atoms with van der Waals surface area (Å²) in [4.78, 5) is 16.3. The van der Waals surface area contributed by atoms with E-state index in [1.54, 1.807) is 18.1 Å². The van der Waals surface area contributed by atoms with Crippen molar-refractivity contribution in [1.82, 2.24) is 9.80 Å². The summed E-state index contributed by atoms with van der Waals surface area (Å²) in [6, 6.07) is -0.117. The van der Waals surface area contributed by atoms with E-state index < -0.39 is 0 Å². The van der Waals surface area contributed by atoms with Crippen molar-refractivity contribution in [3.05, 3.63) is 12.7 Å². The minimum Gasteiger partial charge on any atom is -0.359 e. The first-order valence-electron chi connectivity index (χ1n) is 6.33. The van der Waals surface area contributed by atoms with Crippen LogP contribution in [0.15, 0.2) is 12.7 Å². The van der Waals surface area contributed by atoms with Crippen molar-refractivity contribution in [3.63, 3.8) is 0 Å². The number of carbonyl (C=O) groups is 1. The lowest BCUT2D eigenvalue weighted by atomic mass is 10.0. The molecular formula is C14H26N2O2. The van der Waals surface area contributed by atoms with Crippen molar-refractivity contribution in [2.24, 2.45) is 0 Å². The van der Waals surface area contributed by atoms with Gasteiger partial charge in [-0.15, -0.1) is 6.58 Å². The minimum atomic E-state index is -0.283. The molecule has 2 atom stereocenters. The highest BCUT2D eigenvalue weighted by atomic mass is 16.5. The SMILES string of the molecule is C=C[C@H]1[C@H](OC)N(C(C)(C)C)C(=O)N1C(C)(C)C. The third-order valence-electron chi connectivity index (χ3n) is 3.19. The number of nitrogens with zero attached hydrogens (tertiary/aromatic N) is 2. The van der Waals surface area contributed by atoms with Crippen LogP contribution in [-0.4, -0.2) is 46.3 Å². The van der Waals surface area contributed by atoms with Crippen LogP contribution in [-0.2, 0) is 4.74 Å². The quantitative estimate of drug-likeness (QED) is 0.710. The van der Waals surface area contributed by atoms with E-state index in [-0.39, 0.29) is 29.4 Å². The molecule has 1 aliphatic heterocycles. The van der Waals surface area contributed by atoms with E-state index in [9.17, 15) is 4.79 Å². The molecule has 4 nitrogen and oxygen atoms in total. The Morgan fingerprint density at radius 3 is 1.83 bits per heavy atom. The molecule has 0 N–H and O–H groups in total. The van der Waals surface area contributed by atoms with Gasteiger partial charge in [-0.3, -0.25) is 4.90 Å². The molecule has 1 heterocycles. The average molecular weight is 254 g/mol. The first-order valence-corrected chi connectivity index (χ1v) is 6.33. The van der Waals surface area contributed by atoms with Gasteiger partial charge >= 0.3 is 6.03 Å². The number of rotatable bonds is 2. The average Bonchev–Trinajstić information content (AvgIpc) is 2.48. The van der Waals surface area contributed by atoms with Crippen LogP contribution in [0.1, 0.15) is 41.5 Å². The number of amides is 2. The summed E-state index contributed by atoms with van der Waals surface area (Å²) in [5, 5.41) is 0. The molecule has 1 fully saturated rings. The van der Waals surface area contributed by atoms with E-state index in [2.05, 4.69) is 6.58 Å². The van der Waals surface area contributed by atoms with Crippen molar-refractivity contribution in [3.8, 4) is 0 Å². The molecule has 1 aliphatic rings. The Morgan fingerprint density at radius 1 is 1.11 bits per heavy atom. The van der Waals surface area contributed by atoms with E-state index in [1.165, 1.54) is 0 Å². The number of hydrogen-bond donors (Lipinski definition) is 0. The molecule has 0 radical (unpaired) electrons. The zero-order valence-corrected chi connectivity index (χ0v) is 12.7. The lowest BCUT2D eigenvalue weighted by Gasteiger charge is -2.36. The Labute approximate surface area is 111 Å². The van der Waals surface area contributed by atoms with Crippen molar-refractivity contribution in [1.29, 1.82) is 0 Å². The van der Waals surface area contributed by atoms with E-state index in [4.69, 9.17) is 4.74 Å². The van der Waals surface area contributed by atoms with E-state index in [1.807, 2.05) is 46.4 Å². The molecule has 0 saturated carbocycles. The topological polar surface area (TPSA) is 32.8 Å². The number of urea groups is 1. The molecule has 0 bridgehead atoms. The summed E-state index contributed by atoms with van der Waals surface area (Å²) in [6.45, 7) is 16.0. The summed E-state index contributed by atoms with van der Waals surface area (Å²) in [7, 11) is 1.64. The Morgan fingerprint density at radius 2 is 1.56 bits per heavy atom. The highest BCUT2D eigenvalue weighted by Gasteiger charge is 2.52. The summed E-state index contributed by atoms with van der Waals surface area (Å²) in [5.74, 6) is 0. The molecule has 1 saturated heterocycles. The van der Waals surface area contributed by atoms with Crippen LogP contribution in [0.4, 0.5) is 4.79 Å². The fourth-order valence-corrected chi connectivity index (χ4v) is 2.50. The van der Waals surface area contributed by atoms with Gasteiger partial charge in [0.1, 0.15) is 0 Å². The van der Waals surface area contributed by atoms with Crippen LogP contribution in [0.2, 0.25) is 0 Å². The fraction of sp³-hybridized carbons (Fsp3) is 0.786. The Kier molecular flexibility index (Phi) is 3.82. The lowest BCUT2D eigenvalue weighted by Crippen LogP contribution is -2.50. The number of carbonyl (C=O) groups excluding carboxylic acids is 1. The molecule has 0 spiro atoms. The highest BCUT2D eigenvalue weighted by Crippen LogP contribution is 2.35. The molecule has 104 valence electrons. The zero-order chi connectivity index (χ0) is 14.3. The Hall–Kier alpha value is -1.03. The lowest BCUT2D eigenvalue weighted by molar-refractivity contribution is -0.0353. The van der Waals surface area contributed by atoms with Crippen LogP contribution in [0.25, 0.3) is 0 Å². The summed E-state index contributed by atoms with van der Waals surface area (Å²) >= 11 is 0. The van der Waals surface area contributed by atoms with E-state index >= 15 is 0 Å². The van der Waals surface area contributed by atoms with Gasteiger partial charge in [0.25, 0.3) is 0 Å². The Balaban J connectivity index is 3.26. The molecule has 0 aliphatic carbocycles. The van der Waals surface area contributed by atoms with Crippen LogP contribution in [0.3, 0.4) is 0 Å². The van der Waals surface area contributed by atoms with Gasteiger partial charge in [0.2, 0.25) is 0 Å². The maximum atomic E-state index is 12.7. The van der Waals surface area contributed by atoms with Crippen LogP contribution in [0, 0.1) is 0 Å². The third-order valence-corrected chi connectivity index (χ3v) is 3.19. The first-order chi connectivity index (χ1) is 8.05. The van der Waals surface area contributed by atoms with Gasteiger partial charge < -0.3 is 9.64 Å². The second kappa shape index (κ2) is 4.57. The second-order valence-electron chi connectivity index (χ2n) is 6.72. The predicted molar refractivity (Wildman–Crippen MR) is 73.4 cm³/mol. The summed E-state index contributed by atoms with van der Waals surface area (Å²) < 4.78 is 5.54. The van der Waals surface area contributed by atoms with Crippen molar-refractivity contribution in [2.75, 3.05) is 7.11 Å². The third kappa shape index (κ3) is 2.39.